The van der Waals surface area contributed by atoms with Crippen molar-refractivity contribution in [2.75, 3.05) is 6.54 Å². The Kier molecular flexibility index (Phi) is 5.50. The highest BCUT2D eigenvalue weighted by molar-refractivity contribution is 6.09. The smallest absolute Gasteiger partial charge is 0.325 e. The lowest BCUT2D eigenvalue weighted by molar-refractivity contribution is -0.142. The highest BCUT2D eigenvalue weighted by Crippen LogP contribution is 2.30. The summed E-state index contributed by atoms with van der Waals surface area (Å²) in [5.74, 6) is -0.151. The second kappa shape index (κ2) is 7.57. The third-order valence-corrected chi connectivity index (χ3v) is 6.20. The van der Waals surface area contributed by atoms with Gasteiger partial charge in [0.05, 0.1) is 0 Å². The molecule has 2 aliphatic rings. The molecule has 2 aliphatic heterocycles. The minimum atomic E-state index is -1.15. The van der Waals surface area contributed by atoms with Gasteiger partial charge in [0.2, 0.25) is 5.91 Å². The number of nitrogens with zero attached hydrogens (tertiary/aromatic N) is 2. The molecule has 6 nitrogen and oxygen atoms in total. The molecule has 3 rings (SSSR count). The normalized spacial score (nSPS) is 28.1. The largest absolute Gasteiger partial charge is 0.336 e. The van der Waals surface area contributed by atoms with Crippen LogP contribution in [0.15, 0.2) is 24.3 Å². The minimum Gasteiger partial charge on any atom is -0.336 e. The van der Waals surface area contributed by atoms with Crippen LogP contribution in [0.1, 0.15) is 70.9 Å². The summed E-state index contributed by atoms with van der Waals surface area (Å²) in [6.45, 7) is 9.76. The summed E-state index contributed by atoms with van der Waals surface area (Å²) >= 11 is 0. The van der Waals surface area contributed by atoms with E-state index in [1.54, 1.807) is 6.92 Å². The number of carbonyl (C=O) groups is 3. The summed E-state index contributed by atoms with van der Waals surface area (Å²) < 4.78 is 0. The molecule has 4 amide bonds. The topological polar surface area (TPSA) is 69.7 Å². The van der Waals surface area contributed by atoms with Gasteiger partial charge in [-0.1, -0.05) is 38.1 Å². The average molecular weight is 386 g/mol. The number of hydrogen-bond acceptors (Lipinski definition) is 3. The zero-order valence-electron chi connectivity index (χ0n) is 17.5. The molecule has 0 saturated carbocycles. The average Bonchev–Trinajstić information content (AvgIpc) is 2.86. The number of imide groups is 1. The van der Waals surface area contributed by atoms with E-state index in [0.29, 0.717) is 5.92 Å². The number of rotatable bonds is 4. The summed E-state index contributed by atoms with van der Waals surface area (Å²) in [7, 11) is 0. The molecule has 0 unspecified atom stereocenters. The molecule has 1 N–H and O–H groups in total. The maximum atomic E-state index is 13.1. The summed E-state index contributed by atoms with van der Waals surface area (Å²) in [6, 6.07) is 7.48. The highest BCUT2D eigenvalue weighted by Gasteiger charge is 2.50. The van der Waals surface area contributed by atoms with Crippen molar-refractivity contribution in [2.45, 2.75) is 77.4 Å². The number of carbonyl (C=O) groups excluding carboxylic acids is 3. The van der Waals surface area contributed by atoms with Gasteiger partial charge >= 0.3 is 6.03 Å². The first-order chi connectivity index (χ1) is 13.1. The van der Waals surface area contributed by atoms with Gasteiger partial charge in [-0.2, -0.15) is 0 Å². The Morgan fingerprint density at radius 1 is 1.14 bits per heavy atom. The Labute approximate surface area is 167 Å². The molecule has 28 heavy (non-hydrogen) atoms. The van der Waals surface area contributed by atoms with Crippen molar-refractivity contribution in [3.63, 3.8) is 0 Å². The molecule has 0 radical (unpaired) electrons. The Bertz CT molecular complexity index is 764. The van der Waals surface area contributed by atoms with Crippen molar-refractivity contribution in [1.29, 1.82) is 0 Å². The molecule has 152 valence electrons. The summed E-state index contributed by atoms with van der Waals surface area (Å²) in [4.78, 5) is 41.4. The maximum absolute atomic E-state index is 13.1. The first-order valence-corrected chi connectivity index (χ1v) is 10.2. The number of piperidine rings is 1. The van der Waals surface area contributed by atoms with Gasteiger partial charge in [-0.3, -0.25) is 14.5 Å². The molecule has 2 fully saturated rings. The van der Waals surface area contributed by atoms with Gasteiger partial charge in [0.25, 0.3) is 5.91 Å². The van der Waals surface area contributed by atoms with Crippen LogP contribution in [-0.4, -0.2) is 46.3 Å². The molecule has 3 atom stereocenters. The standard InChI is InChI=1S/C22H31N3O3/c1-14(2)17-9-11-18(12-10-17)22(5)20(27)24(21(28)23-22)13-19(26)25-15(3)7-6-8-16(25)4/h9-12,14-16H,6-8,13H2,1-5H3,(H,23,28)/t15-,16+,22-/m1/s1. The predicted octanol–water partition coefficient (Wildman–Crippen LogP) is 3.37. The first-order valence-electron chi connectivity index (χ1n) is 10.2. The lowest BCUT2D eigenvalue weighted by Gasteiger charge is -2.39. The van der Waals surface area contributed by atoms with Crippen LogP contribution in [0.4, 0.5) is 4.79 Å². The van der Waals surface area contributed by atoms with Crippen molar-refractivity contribution in [2.24, 2.45) is 0 Å². The van der Waals surface area contributed by atoms with Gasteiger partial charge < -0.3 is 10.2 Å². The van der Waals surface area contributed by atoms with Gasteiger partial charge in [0.1, 0.15) is 12.1 Å². The van der Waals surface area contributed by atoms with Gasteiger partial charge in [-0.25, -0.2) is 4.79 Å². The molecule has 1 aromatic rings. The van der Waals surface area contributed by atoms with Crippen LogP contribution in [0, 0.1) is 0 Å². The quantitative estimate of drug-likeness (QED) is 0.808. The lowest BCUT2D eigenvalue weighted by Crippen LogP contribution is -2.52. The van der Waals surface area contributed by atoms with E-state index in [1.165, 1.54) is 5.56 Å². The molecule has 6 heteroatoms. The molecule has 0 aliphatic carbocycles. The SMILES string of the molecule is CC(C)c1ccc([C@@]2(C)NC(=O)N(CC(=O)N3[C@H](C)CCC[C@@H]3C)C2=O)cc1. The van der Waals surface area contributed by atoms with Crippen molar-refractivity contribution >= 4 is 17.8 Å². The van der Waals surface area contributed by atoms with Gasteiger partial charge in [-0.15, -0.1) is 0 Å². The van der Waals surface area contributed by atoms with E-state index in [4.69, 9.17) is 0 Å². The molecule has 0 aromatic heterocycles. The summed E-state index contributed by atoms with van der Waals surface area (Å²) in [6.07, 6.45) is 3.01. The molecular weight excluding hydrogens is 354 g/mol. The van der Waals surface area contributed by atoms with Crippen LogP contribution in [0.25, 0.3) is 0 Å². The molecule has 2 heterocycles. The van der Waals surface area contributed by atoms with Crippen molar-refractivity contribution in [3.05, 3.63) is 35.4 Å². The van der Waals surface area contributed by atoms with Crippen LogP contribution in [0.5, 0.6) is 0 Å². The fourth-order valence-corrected chi connectivity index (χ4v) is 4.37. The Morgan fingerprint density at radius 3 is 2.25 bits per heavy atom. The maximum Gasteiger partial charge on any atom is 0.325 e. The number of urea groups is 1. The molecule has 2 saturated heterocycles. The fourth-order valence-electron chi connectivity index (χ4n) is 4.37. The van der Waals surface area contributed by atoms with E-state index in [2.05, 4.69) is 19.2 Å². The van der Waals surface area contributed by atoms with Gasteiger partial charge in [0.15, 0.2) is 0 Å². The molecule has 1 aromatic carbocycles. The number of benzene rings is 1. The van der Waals surface area contributed by atoms with Crippen LogP contribution in [0.3, 0.4) is 0 Å². The van der Waals surface area contributed by atoms with E-state index in [1.807, 2.05) is 43.0 Å². The minimum absolute atomic E-state index is 0.131. The second-order valence-corrected chi connectivity index (χ2v) is 8.65. The van der Waals surface area contributed by atoms with Crippen molar-refractivity contribution in [3.8, 4) is 0 Å². The fraction of sp³-hybridized carbons (Fsp3) is 0.591. The van der Waals surface area contributed by atoms with Crippen LogP contribution in [-0.2, 0) is 15.1 Å². The molecular formula is C22H31N3O3. The monoisotopic (exact) mass is 385 g/mol. The summed E-state index contributed by atoms with van der Waals surface area (Å²) in [5, 5.41) is 2.79. The third-order valence-electron chi connectivity index (χ3n) is 6.20. The van der Waals surface area contributed by atoms with Crippen molar-refractivity contribution < 1.29 is 14.4 Å². The molecule has 0 spiro atoms. The molecule has 0 bridgehead atoms. The van der Waals surface area contributed by atoms with Crippen LogP contribution >= 0.6 is 0 Å². The summed E-state index contributed by atoms with van der Waals surface area (Å²) in [5.41, 5.74) is 0.751. The van der Waals surface area contributed by atoms with Crippen molar-refractivity contribution in [1.82, 2.24) is 15.1 Å². The second-order valence-electron chi connectivity index (χ2n) is 8.65. The Hall–Kier alpha value is -2.37. The lowest BCUT2D eigenvalue weighted by atomic mass is 9.90. The van der Waals surface area contributed by atoms with Crippen LogP contribution < -0.4 is 5.32 Å². The Morgan fingerprint density at radius 2 is 1.71 bits per heavy atom. The third kappa shape index (κ3) is 3.52. The zero-order valence-corrected chi connectivity index (χ0v) is 17.5. The number of nitrogens with one attached hydrogen (secondary N) is 1. The predicted molar refractivity (Wildman–Crippen MR) is 108 cm³/mol. The van der Waals surface area contributed by atoms with E-state index < -0.39 is 11.6 Å². The van der Waals surface area contributed by atoms with Gasteiger partial charge in [-0.05, 0) is 57.1 Å². The Balaban J connectivity index is 1.78. The van der Waals surface area contributed by atoms with E-state index in [-0.39, 0.29) is 30.4 Å². The highest BCUT2D eigenvalue weighted by atomic mass is 16.2. The first kappa shape index (κ1) is 20.4. The zero-order chi connectivity index (χ0) is 20.6. The number of likely N-dealkylation sites (tertiary alicyclic amines) is 1. The number of amides is 4. The van der Waals surface area contributed by atoms with E-state index in [0.717, 1.165) is 29.7 Å². The number of hydrogen-bond donors (Lipinski definition) is 1. The van der Waals surface area contributed by atoms with E-state index in [9.17, 15) is 14.4 Å². The van der Waals surface area contributed by atoms with Gasteiger partial charge in [0, 0.05) is 12.1 Å². The van der Waals surface area contributed by atoms with Crippen LogP contribution in [0.2, 0.25) is 0 Å². The van der Waals surface area contributed by atoms with E-state index >= 15 is 0 Å².